The van der Waals surface area contributed by atoms with Gasteiger partial charge in [0.25, 0.3) is 0 Å². The average molecular weight is 278 g/mol. The summed E-state index contributed by atoms with van der Waals surface area (Å²) in [6.07, 6.45) is 3.60. The summed E-state index contributed by atoms with van der Waals surface area (Å²) < 4.78 is 0. The molecule has 2 heterocycles. The number of hydrogen-bond acceptors (Lipinski definition) is 6. The second-order valence-electron chi connectivity index (χ2n) is 4.11. The van der Waals surface area contributed by atoms with Gasteiger partial charge in [0.05, 0.1) is 0 Å². The van der Waals surface area contributed by atoms with Crippen molar-refractivity contribution < 1.29 is 0 Å². The maximum atomic E-state index is 4.41. The Morgan fingerprint density at radius 1 is 1.37 bits per heavy atom. The van der Waals surface area contributed by atoms with Crippen LogP contribution in [0.25, 0.3) is 0 Å². The molecule has 6 nitrogen and oxygen atoms in total. The Bertz CT molecular complexity index is 499. The van der Waals surface area contributed by atoms with Crippen molar-refractivity contribution in [1.82, 2.24) is 25.1 Å². The van der Waals surface area contributed by atoms with E-state index < -0.39 is 0 Å². The molecule has 2 rings (SSSR count). The van der Waals surface area contributed by atoms with E-state index in [0.717, 1.165) is 47.6 Å². The van der Waals surface area contributed by atoms with Gasteiger partial charge in [0, 0.05) is 24.1 Å². The fraction of sp³-hybridized carbons (Fsp3) is 0.500. The van der Waals surface area contributed by atoms with Crippen LogP contribution in [0.15, 0.2) is 17.6 Å². The van der Waals surface area contributed by atoms with Gasteiger partial charge in [-0.2, -0.15) is 5.10 Å². The van der Waals surface area contributed by atoms with Crippen molar-refractivity contribution in [2.75, 3.05) is 17.6 Å². The second-order valence-corrected chi connectivity index (χ2v) is 5.19. The van der Waals surface area contributed by atoms with E-state index in [1.165, 1.54) is 6.33 Å². The van der Waals surface area contributed by atoms with Crippen molar-refractivity contribution in [3.8, 4) is 0 Å². The van der Waals surface area contributed by atoms with Crippen LogP contribution >= 0.6 is 11.8 Å². The van der Waals surface area contributed by atoms with E-state index in [9.17, 15) is 0 Å². The highest BCUT2D eigenvalue weighted by atomic mass is 32.2. The van der Waals surface area contributed by atoms with E-state index in [2.05, 4.69) is 37.4 Å². The number of aromatic amines is 1. The molecule has 0 unspecified atom stereocenters. The summed E-state index contributed by atoms with van der Waals surface area (Å²) in [7, 11) is 0. The molecule has 0 aliphatic carbocycles. The number of nitrogens with one attached hydrogen (secondary N) is 2. The monoisotopic (exact) mass is 278 g/mol. The van der Waals surface area contributed by atoms with Gasteiger partial charge in [0.2, 0.25) is 0 Å². The van der Waals surface area contributed by atoms with Crippen molar-refractivity contribution in [3.05, 3.63) is 23.9 Å². The molecule has 0 radical (unpaired) electrons. The minimum Gasteiger partial charge on any atom is -0.369 e. The Hall–Kier alpha value is -1.63. The summed E-state index contributed by atoms with van der Waals surface area (Å²) in [4.78, 5) is 12.9. The van der Waals surface area contributed by atoms with Crippen LogP contribution in [0.5, 0.6) is 0 Å². The van der Waals surface area contributed by atoms with E-state index in [1.54, 1.807) is 11.8 Å². The highest BCUT2D eigenvalue weighted by Crippen LogP contribution is 2.12. The Balaban J connectivity index is 1.81. The number of aromatic nitrogens is 5. The van der Waals surface area contributed by atoms with Crippen LogP contribution in [0.4, 0.5) is 5.82 Å². The van der Waals surface area contributed by atoms with Crippen LogP contribution in [-0.4, -0.2) is 37.4 Å². The Morgan fingerprint density at radius 3 is 3.00 bits per heavy atom. The van der Waals surface area contributed by atoms with Gasteiger partial charge in [-0.3, -0.25) is 5.10 Å². The lowest BCUT2D eigenvalue weighted by Gasteiger charge is -2.07. The highest BCUT2D eigenvalue weighted by molar-refractivity contribution is 7.99. The summed E-state index contributed by atoms with van der Waals surface area (Å²) >= 11 is 1.63. The van der Waals surface area contributed by atoms with Crippen molar-refractivity contribution in [3.63, 3.8) is 0 Å². The first-order valence-electron chi connectivity index (χ1n) is 6.34. The molecule has 0 bridgehead atoms. The van der Waals surface area contributed by atoms with Gasteiger partial charge in [0.1, 0.15) is 18.0 Å². The quantitative estimate of drug-likeness (QED) is 0.596. The molecule has 0 saturated heterocycles. The normalized spacial score (nSPS) is 10.6. The van der Waals surface area contributed by atoms with Gasteiger partial charge in [-0.1, -0.05) is 25.1 Å². The van der Waals surface area contributed by atoms with Gasteiger partial charge in [-0.25, -0.2) is 15.0 Å². The summed E-state index contributed by atoms with van der Waals surface area (Å²) in [5.41, 5.74) is 1.10. The highest BCUT2D eigenvalue weighted by Gasteiger charge is 2.01. The van der Waals surface area contributed by atoms with Crippen molar-refractivity contribution >= 4 is 17.6 Å². The number of nitrogens with zero attached hydrogens (tertiary/aromatic N) is 4. The fourth-order valence-electron chi connectivity index (χ4n) is 1.69. The van der Waals surface area contributed by atoms with Gasteiger partial charge in [-0.05, 0) is 13.3 Å². The number of anilines is 1. The van der Waals surface area contributed by atoms with E-state index in [4.69, 9.17) is 0 Å². The third-order valence-electron chi connectivity index (χ3n) is 2.44. The number of hydrogen-bond donors (Lipinski definition) is 2. The lowest BCUT2D eigenvalue weighted by Crippen LogP contribution is -2.08. The lowest BCUT2D eigenvalue weighted by atomic mass is 10.2. The summed E-state index contributed by atoms with van der Waals surface area (Å²) in [5, 5.41) is 10.8. The molecule has 0 saturated carbocycles. The molecule has 2 N–H and O–H groups in total. The van der Waals surface area contributed by atoms with Crippen LogP contribution in [-0.2, 0) is 6.42 Å². The molecule has 0 spiro atoms. The van der Waals surface area contributed by atoms with Gasteiger partial charge >= 0.3 is 0 Å². The topological polar surface area (TPSA) is 79.4 Å². The van der Waals surface area contributed by atoms with E-state index in [0.29, 0.717) is 0 Å². The molecule has 2 aromatic heterocycles. The van der Waals surface area contributed by atoms with E-state index in [1.807, 2.05) is 13.0 Å². The molecule has 0 atom stereocenters. The molecular formula is C12H18N6S. The third-order valence-corrected chi connectivity index (χ3v) is 3.32. The lowest BCUT2D eigenvalue weighted by molar-refractivity contribution is 0.856. The summed E-state index contributed by atoms with van der Waals surface area (Å²) in [5.74, 6) is 2.62. The van der Waals surface area contributed by atoms with Crippen molar-refractivity contribution in [2.24, 2.45) is 0 Å². The predicted octanol–water partition coefficient (Wildman–Crippen LogP) is 2.06. The Morgan fingerprint density at radius 2 is 2.26 bits per heavy atom. The van der Waals surface area contributed by atoms with E-state index in [-0.39, 0.29) is 0 Å². The standard InChI is InChI=1S/C12H18N6S/c1-3-4-10-7-11(17-9(2)16-10)13-5-6-19-12-14-8-15-18-12/h7-8H,3-6H2,1-2H3,(H,13,16,17)(H,14,15,18). The predicted molar refractivity (Wildman–Crippen MR) is 76.4 cm³/mol. The molecule has 0 fully saturated rings. The molecular weight excluding hydrogens is 260 g/mol. The Labute approximate surface area is 116 Å². The third kappa shape index (κ3) is 4.51. The average Bonchev–Trinajstić information content (AvgIpc) is 2.87. The molecule has 0 aliphatic heterocycles. The van der Waals surface area contributed by atoms with Crippen LogP contribution in [0.1, 0.15) is 24.9 Å². The number of rotatable bonds is 7. The van der Waals surface area contributed by atoms with Crippen LogP contribution in [0, 0.1) is 6.92 Å². The second kappa shape index (κ2) is 7.08. The van der Waals surface area contributed by atoms with Crippen LogP contribution < -0.4 is 5.32 Å². The molecule has 0 amide bonds. The van der Waals surface area contributed by atoms with Gasteiger partial charge in [0.15, 0.2) is 5.16 Å². The Kier molecular flexibility index (Phi) is 5.14. The molecule has 7 heteroatoms. The molecule has 0 aromatic carbocycles. The molecule has 2 aromatic rings. The van der Waals surface area contributed by atoms with E-state index >= 15 is 0 Å². The fourth-order valence-corrected chi connectivity index (χ4v) is 2.33. The zero-order valence-corrected chi connectivity index (χ0v) is 12.0. The smallest absolute Gasteiger partial charge is 0.183 e. The van der Waals surface area contributed by atoms with Crippen molar-refractivity contribution in [1.29, 1.82) is 0 Å². The molecule has 102 valence electrons. The van der Waals surface area contributed by atoms with Gasteiger partial charge < -0.3 is 5.32 Å². The van der Waals surface area contributed by atoms with Crippen LogP contribution in [0.3, 0.4) is 0 Å². The largest absolute Gasteiger partial charge is 0.369 e. The maximum absolute atomic E-state index is 4.41. The summed E-state index contributed by atoms with van der Waals surface area (Å²) in [6, 6.07) is 2.02. The number of aryl methyl sites for hydroxylation is 2. The zero-order valence-electron chi connectivity index (χ0n) is 11.2. The molecule has 0 aliphatic rings. The summed E-state index contributed by atoms with van der Waals surface area (Å²) in [6.45, 7) is 4.90. The van der Waals surface area contributed by atoms with Gasteiger partial charge in [-0.15, -0.1) is 0 Å². The first-order chi connectivity index (χ1) is 9.28. The zero-order chi connectivity index (χ0) is 13.5. The number of H-pyrrole nitrogens is 1. The molecule has 19 heavy (non-hydrogen) atoms. The van der Waals surface area contributed by atoms with Crippen LogP contribution in [0.2, 0.25) is 0 Å². The minimum atomic E-state index is 0.816. The maximum Gasteiger partial charge on any atom is 0.183 e. The SMILES string of the molecule is CCCc1cc(NCCSc2ncn[nH]2)nc(C)n1. The number of thioether (sulfide) groups is 1. The first-order valence-corrected chi connectivity index (χ1v) is 7.33. The van der Waals surface area contributed by atoms with Crippen molar-refractivity contribution in [2.45, 2.75) is 31.8 Å². The minimum absolute atomic E-state index is 0.816. The first kappa shape index (κ1) is 13.8.